The molecule has 0 bridgehead atoms. The third-order valence-corrected chi connectivity index (χ3v) is 3.43. The van der Waals surface area contributed by atoms with E-state index in [1.54, 1.807) is 0 Å². The molecule has 0 fully saturated rings. The van der Waals surface area contributed by atoms with Crippen molar-refractivity contribution in [3.8, 4) is 0 Å². The van der Waals surface area contributed by atoms with E-state index in [2.05, 4.69) is 47.0 Å². The van der Waals surface area contributed by atoms with Crippen LogP contribution in [0.15, 0.2) is 82.8 Å². The van der Waals surface area contributed by atoms with Gasteiger partial charge in [0.25, 0.3) is 0 Å². The number of fused-ring (bicyclic) bond motifs is 1. The minimum atomic E-state index is 0.610. The second-order valence-electron chi connectivity index (χ2n) is 4.81. The van der Waals surface area contributed by atoms with Crippen molar-refractivity contribution < 1.29 is 0 Å². The van der Waals surface area contributed by atoms with Gasteiger partial charge < -0.3 is 0 Å². The highest BCUT2D eigenvalue weighted by atomic mass is 14.9. The number of amidine groups is 1. The van der Waals surface area contributed by atoms with Crippen LogP contribution in [0.5, 0.6) is 0 Å². The summed E-state index contributed by atoms with van der Waals surface area (Å²) in [5, 5.41) is 2.34. The predicted molar refractivity (Wildman–Crippen MR) is 90.2 cm³/mol. The van der Waals surface area contributed by atoms with Crippen LogP contribution in [0.1, 0.15) is 11.1 Å². The van der Waals surface area contributed by atoms with E-state index in [9.17, 15) is 0 Å². The monoisotopic (exact) mass is 272 g/mol. The smallest absolute Gasteiger partial charge is 0.154 e. The number of rotatable bonds is 3. The topological polar surface area (TPSA) is 24.7 Å². The Morgan fingerprint density at radius 2 is 1.52 bits per heavy atom. The van der Waals surface area contributed by atoms with E-state index >= 15 is 0 Å². The molecule has 3 aromatic rings. The van der Waals surface area contributed by atoms with Gasteiger partial charge in [-0.2, -0.15) is 0 Å². The highest BCUT2D eigenvalue weighted by molar-refractivity contribution is 6.11. The van der Waals surface area contributed by atoms with Crippen LogP contribution in [0.3, 0.4) is 0 Å². The molecule has 0 saturated carbocycles. The molecule has 0 N–H and O–H groups in total. The second kappa shape index (κ2) is 6.14. The number of hydrogen-bond donors (Lipinski definition) is 0. The molecule has 2 nitrogen and oxygen atoms in total. The molecule has 0 aliphatic rings. The Morgan fingerprint density at radius 1 is 0.810 bits per heavy atom. The molecule has 0 radical (unpaired) electrons. The average Bonchev–Trinajstić information content (AvgIpc) is 2.56. The summed E-state index contributed by atoms with van der Waals surface area (Å²) in [6, 6.07) is 24.6. The van der Waals surface area contributed by atoms with Gasteiger partial charge in [-0.15, -0.1) is 0 Å². The first-order chi connectivity index (χ1) is 10.4. The van der Waals surface area contributed by atoms with E-state index in [1.807, 2.05) is 42.5 Å². The van der Waals surface area contributed by atoms with Gasteiger partial charge in [-0.25, -0.2) is 4.99 Å². The molecule has 0 aliphatic carbocycles. The van der Waals surface area contributed by atoms with Crippen LogP contribution in [0.25, 0.3) is 10.8 Å². The summed E-state index contributed by atoms with van der Waals surface area (Å²) in [7, 11) is 0. The fourth-order valence-corrected chi connectivity index (χ4v) is 2.39. The minimum Gasteiger partial charge on any atom is -0.261 e. The molecule has 0 aromatic heterocycles. The molecule has 2 heteroatoms. The number of nitrogens with zero attached hydrogens (tertiary/aromatic N) is 2. The number of aliphatic imine (C=N–C) groups is 2. The van der Waals surface area contributed by atoms with Crippen LogP contribution in [-0.4, -0.2) is 12.6 Å². The molecule has 102 valence electrons. The van der Waals surface area contributed by atoms with Gasteiger partial charge in [0, 0.05) is 5.56 Å². The summed E-state index contributed by atoms with van der Waals surface area (Å²) in [6.07, 6.45) is 0. The molecule has 0 aliphatic heterocycles. The van der Waals surface area contributed by atoms with Crippen LogP contribution < -0.4 is 0 Å². The Hall–Kier alpha value is -2.74. The van der Waals surface area contributed by atoms with E-state index in [-0.39, 0.29) is 0 Å². The highest BCUT2D eigenvalue weighted by Crippen LogP contribution is 2.20. The summed E-state index contributed by atoms with van der Waals surface area (Å²) in [5.74, 6) is 0.690. The lowest BCUT2D eigenvalue weighted by Gasteiger charge is -2.06. The quantitative estimate of drug-likeness (QED) is 0.496. The summed E-state index contributed by atoms with van der Waals surface area (Å²) in [4.78, 5) is 8.74. The van der Waals surface area contributed by atoms with Gasteiger partial charge in [-0.1, -0.05) is 72.8 Å². The highest BCUT2D eigenvalue weighted by Gasteiger charge is 2.05. The standard InChI is InChI=1S/C19H16N2/c1-20-19(21-14-15-8-3-2-4-9-15)18-13-7-11-16-10-5-6-12-17(16)18/h2-13H,1,14H2. The minimum absolute atomic E-state index is 0.610. The number of hydrogen-bond acceptors (Lipinski definition) is 1. The lowest BCUT2D eigenvalue weighted by atomic mass is 10.0. The molecule has 3 rings (SSSR count). The first kappa shape index (κ1) is 13.3. The summed E-state index contributed by atoms with van der Waals surface area (Å²) < 4.78 is 0. The number of benzene rings is 3. The third kappa shape index (κ3) is 2.90. The second-order valence-corrected chi connectivity index (χ2v) is 4.81. The average molecular weight is 272 g/mol. The Labute approximate surface area is 124 Å². The maximum absolute atomic E-state index is 4.62. The zero-order valence-corrected chi connectivity index (χ0v) is 11.7. The largest absolute Gasteiger partial charge is 0.261 e. The van der Waals surface area contributed by atoms with Gasteiger partial charge >= 0.3 is 0 Å². The van der Waals surface area contributed by atoms with Crippen molar-refractivity contribution in [2.24, 2.45) is 9.98 Å². The van der Waals surface area contributed by atoms with E-state index in [4.69, 9.17) is 0 Å². The molecular weight excluding hydrogens is 256 g/mol. The van der Waals surface area contributed by atoms with Crippen molar-refractivity contribution in [3.63, 3.8) is 0 Å². The summed E-state index contributed by atoms with van der Waals surface area (Å²) in [6.45, 7) is 4.29. The van der Waals surface area contributed by atoms with Gasteiger partial charge in [-0.3, -0.25) is 4.99 Å². The zero-order valence-electron chi connectivity index (χ0n) is 11.7. The van der Waals surface area contributed by atoms with Gasteiger partial charge in [0.1, 0.15) is 0 Å². The lowest BCUT2D eigenvalue weighted by molar-refractivity contribution is 1.06. The molecule has 21 heavy (non-hydrogen) atoms. The van der Waals surface area contributed by atoms with Gasteiger partial charge in [-0.05, 0) is 23.1 Å². The van der Waals surface area contributed by atoms with Crippen molar-refractivity contribution in [2.45, 2.75) is 6.54 Å². The first-order valence-electron chi connectivity index (χ1n) is 6.92. The zero-order chi connectivity index (χ0) is 14.5. The van der Waals surface area contributed by atoms with Crippen molar-refractivity contribution in [2.75, 3.05) is 0 Å². The third-order valence-electron chi connectivity index (χ3n) is 3.43. The van der Waals surface area contributed by atoms with Crippen molar-refractivity contribution >= 4 is 23.3 Å². The maximum atomic E-state index is 4.62. The molecule has 0 unspecified atom stereocenters. The first-order valence-corrected chi connectivity index (χ1v) is 6.92. The Kier molecular flexibility index (Phi) is 3.88. The molecule has 0 amide bonds. The normalized spacial score (nSPS) is 11.5. The van der Waals surface area contributed by atoms with Crippen LogP contribution in [-0.2, 0) is 6.54 Å². The van der Waals surface area contributed by atoms with Crippen LogP contribution >= 0.6 is 0 Å². The molecule has 0 atom stereocenters. The fraction of sp³-hybridized carbons (Fsp3) is 0.0526. The summed E-state index contributed by atoms with van der Waals surface area (Å²) >= 11 is 0. The molecular formula is C19H16N2. The van der Waals surface area contributed by atoms with Gasteiger partial charge in [0.15, 0.2) is 5.84 Å². The van der Waals surface area contributed by atoms with Crippen molar-refractivity contribution in [3.05, 3.63) is 83.9 Å². The Balaban J connectivity index is 2.00. The van der Waals surface area contributed by atoms with E-state index < -0.39 is 0 Å². The predicted octanol–water partition coefficient (Wildman–Crippen LogP) is 4.49. The van der Waals surface area contributed by atoms with Crippen LogP contribution in [0.2, 0.25) is 0 Å². The van der Waals surface area contributed by atoms with Crippen molar-refractivity contribution in [1.29, 1.82) is 0 Å². The maximum Gasteiger partial charge on any atom is 0.154 e. The fourth-order valence-electron chi connectivity index (χ4n) is 2.39. The Morgan fingerprint density at radius 3 is 2.33 bits per heavy atom. The van der Waals surface area contributed by atoms with Crippen LogP contribution in [0.4, 0.5) is 0 Å². The van der Waals surface area contributed by atoms with Crippen LogP contribution in [0, 0.1) is 0 Å². The molecule has 3 aromatic carbocycles. The van der Waals surface area contributed by atoms with E-state index in [0.29, 0.717) is 12.4 Å². The van der Waals surface area contributed by atoms with Crippen molar-refractivity contribution in [1.82, 2.24) is 0 Å². The van der Waals surface area contributed by atoms with E-state index in [1.165, 1.54) is 10.9 Å². The lowest BCUT2D eigenvalue weighted by Crippen LogP contribution is -1.99. The SMILES string of the molecule is C=NC(=NCc1ccccc1)c1cccc2ccccc12. The molecule has 0 saturated heterocycles. The van der Waals surface area contributed by atoms with Gasteiger partial charge in [0.05, 0.1) is 6.54 Å². The summed E-state index contributed by atoms with van der Waals surface area (Å²) in [5.41, 5.74) is 2.19. The van der Waals surface area contributed by atoms with E-state index in [0.717, 1.165) is 10.9 Å². The Bertz CT molecular complexity index is 784. The molecule has 0 heterocycles. The molecule has 0 spiro atoms. The van der Waals surface area contributed by atoms with Gasteiger partial charge in [0.2, 0.25) is 0 Å².